The summed E-state index contributed by atoms with van der Waals surface area (Å²) in [6.45, 7) is 0. The van der Waals surface area contributed by atoms with Crippen molar-refractivity contribution in [2.75, 3.05) is 5.43 Å². The van der Waals surface area contributed by atoms with Crippen molar-refractivity contribution in [3.8, 4) is 0 Å². The van der Waals surface area contributed by atoms with Gasteiger partial charge in [0, 0.05) is 18.8 Å². The van der Waals surface area contributed by atoms with Crippen LogP contribution in [0.5, 0.6) is 0 Å². The van der Waals surface area contributed by atoms with Gasteiger partial charge < -0.3 is 0 Å². The van der Waals surface area contributed by atoms with Crippen LogP contribution in [-0.2, 0) is 11.2 Å². The second-order valence-electron chi connectivity index (χ2n) is 3.61. The molecule has 1 aromatic carbocycles. The summed E-state index contributed by atoms with van der Waals surface area (Å²) in [7, 11) is 0. The van der Waals surface area contributed by atoms with E-state index >= 15 is 0 Å². The summed E-state index contributed by atoms with van der Waals surface area (Å²) in [5, 5.41) is 0. The zero-order chi connectivity index (χ0) is 11.2. The Morgan fingerprint density at radius 3 is 2.44 bits per heavy atom. The number of aromatic nitrogens is 1. The molecule has 0 unspecified atom stereocenters. The van der Waals surface area contributed by atoms with Gasteiger partial charge in [-0.25, -0.2) is 0 Å². The third-order valence-electron chi connectivity index (χ3n) is 2.34. The summed E-state index contributed by atoms with van der Waals surface area (Å²) in [5.41, 5.74) is 3.96. The van der Waals surface area contributed by atoms with Gasteiger partial charge in [0.25, 0.3) is 0 Å². The van der Waals surface area contributed by atoms with E-state index in [-0.39, 0.29) is 5.91 Å². The highest BCUT2D eigenvalue weighted by atomic mass is 16.2. The van der Waals surface area contributed by atoms with Gasteiger partial charge in [0.05, 0.1) is 0 Å². The molecule has 1 aromatic heterocycles. The van der Waals surface area contributed by atoms with Gasteiger partial charge in [-0.15, -0.1) is 0 Å². The van der Waals surface area contributed by atoms with Crippen LogP contribution < -0.4 is 5.43 Å². The van der Waals surface area contributed by atoms with Gasteiger partial charge >= 0.3 is 0 Å². The fourth-order valence-corrected chi connectivity index (χ4v) is 1.51. The van der Waals surface area contributed by atoms with Crippen molar-refractivity contribution in [1.29, 1.82) is 0 Å². The maximum absolute atomic E-state index is 11.6. The van der Waals surface area contributed by atoms with E-state index in [1.54, 1.807) is 17.1 Å². The zero-order valence-electron chi connectivity index (χ0n) is 8.97. The van der Waals surface area contributed by atoms with E-state index in [1.165, 1.54) is 5.56 Å². The number of carbonyl (C=O) groups is 1. The molecule has 0 atom stereocenters. The maximum atomic E-state index is 11.6. The smallest absolute Gasteiger partial charge is 0.239 e. The van der Waals surface area contributed by atoms with E-state index in [0.29, 0.717) is 6.42 Å². The van der Waals surface area contributed by atoms with Gasteiger partial charge in [0.2, 0.25) is 5.91 Å². The highest BCUT2D eigenvalue weighted by Crippen LogP contribution is 2.02. The van der Waals surface area contributed by atoms with Gasteiger partial charge in [-0.2, -0.15) is 0 Å². The van der Waals surface area contributed by atoms with Gasteiger partial charge in [-0.3, -0.25) is 14.9 Å². The molecular weight excluding hydrogens is 200 g/mol. The number of carbonyl (C=O) groups excluding carboxylic acids is 1. The molecule has 3 heteroatoms. The van der Waals surface area contributed by atoms with E-state index in [0.717, 1.165) is 6.42 Å². The van der Waals surface area contributed by atoms with E-state index in [4.69, 9.17) is 0 Å². The van der Waals surface area contributed by atoms with Crippen molar-refractivity contribution < 1.29 is 4.79 Å². The summed E-state index contributed by atoms with van der Waals surface area (Å²) in [6, 6.07) is 13.8. The normalized spacial score (nSPS) is 10.0. The Balaban J connectivity index is 1.80. The van der Waals surface area contributed by atoms with Gasteiger partial charge in [0.15, 0.2) is 0 Å². The van der Waals surface area contributed by atoms with Crippen molar-refractivity contribution in [3.63, 3.8) is 0 Å². The molecule has 1 N–H and O–H groups in total. The summed E-state index contributed by atoms with van der Waals surface area (Å²) in [5.74, 6) is 0.0278. The molecule has 0 radical (unpaired) electrons. The molecule has 0 saturated heterocycles. The topological polar surface area (TPSA) is 34.0 Å². The Labute approximate surface area is 94.7 Å². The Morgan fingerprint density at radius 1 is 1.06 bits per heavy atom. The first-order valence-corrected chi connectivity index (χ1v) is 5.31. The first kappa shape index (κ1) is 10.5. The fraction of sp³-hybridized carbons (Fsp3) is 0.154. The van der Waals surface area contributed by atoms with Crippen LogP contribution in [0.1, 0.15) is 12.0 Å². The molecule has 1 amide bonds. The molecule has 1 heterocycles. The molecule has 16 heavy (non-hydrogen) atoms. The van der Waals surface area contributed by atoms with Crippen molar-refractivity contribution in [1.82, 2.24) is 4.68 Å². The molecule has 0 fully saturated rings. The molecule has 0 aliphatic heterocycles. The minimum absolute atomic E-state index is 0.0278. The predicted molar refractivity (Wildman–Crippen MR) is 63.6 cm³/mol. The van der Waals surface area contributed by atoms with Crippen LogP contribution in [0.15, 0.2) is 54.9 Å². The van der Waals surface area contributed by atoms with E-state index in [1.807, 2.05) is 42.5 Å². The highest BCUT2D eigenvalue weighted by Gasteiger charge is 2.01. The first-order valence-electron chi connectivity index (χ1n) is 5.31. The quantitative estimate of drug-likeness (QED) is 0.831. The summed E-state index contributed by atoms with van der Waals surface area (Å²) in [4.78, 5) is 11.6. The Kier molecular flexibility index (Phi) is 3.38. The van der Waals surface area contributed by atoms with Crippen molar-refractivity contribution in [2.45, 2.75) is 12.8 Å². The molecule has 0 bridgehead atoms. The standard InChI is InChI=1S/C13H14N2O/c16-13(14-15-10-4-5-11-15)9-8-12-6-2-1-3-7-12/h1-7,10-11H,8-9H2,(H,14,16). The van der Waals surface area contributed by atoms with E-state index < -0.39 is 0 Å². The fourth-order valence-electron chi connectivity index (χ4n) is 1.51. The highest BCUT2D eigenvalue weighted by molar-refractivity contribution is 5.83. The van der Waals surface area contributed by atoms with Crippen LogP contribution in [0.2, 0.25) is 0 Å². The predicted octanol–water partition coefficient (Wildman–Crippen LogP) is 2.19. The van der Waals surface area contributed by atoms with Crippen LogP contribution in [0.3, 0.4) is 0 Å². The number of amides is 1. The number of aryl methyl sites for hydroxylation is 1. The molecule has 0 aliphatic carbocycles. The molecule has 0 saturated carbocycles. The summed E-state index contributed by atoms with van der Waals surface area (Å²) >= 11 is 0. The average molecular weight is 214 g/mol. The molecular formula is C13H14N2O. The van der Waals surface area contributed by atoms with Crippen molar-refractivity contribution in [3.05, 3.63) is 60.4 Å². The average Bonchev–Trinajstić information content (AvgIpc) is 2.81. The van der Waals surface area contributed by atoms with Crippen molar-refractivity contribution in [2.24, 2.45) is 0 Å². The second-order valence-corrected chi connectivity index (χ2v) is 3.61. The SMILES string of the molecule is O=C(CCc1ccccc1)Nn1cccc1. The lowest BCUT2D eigenvalue weighted by molar-refractivity contribution is -0.117. The number of benzene rings is 1. The van der Waals surface area contributed by atoms with Crippen LogP contribution in [0.25, 0.3) is 0 Å². The van der Waals surface area contributed by atoms with Gasteiger partial charge in [-0.1, -0.05) is 30.3 Å². The van der Waals surface area contributed by atoms with Crippen LogP contribution in [-0.4, -0.2) is 10.6 Å². The zero-order valence-corrected chi connectivity index (χ0v) is 8.97. The summed E-state index contributed by atoms with van der Waals surface area (Å²) in [6.07, 6.45) is 4.89. The molecule has 82 valence electrons. The molecule has 2 aromatic rings. The van der Waals surface area contributed by atoms with Crippen molar-refractivity contribution >= 4 is 5.91 Å². The number of nitrogens with one attached hydrogen (secondary N) is 1. The lowest BCUT2D eigenvalue weighted by Gasteiger charge is -2.05. The minimum atomic E-state index is 0.0278. The summed E-state index contributed by atoms with van der Waals surface area (Å²) < 4.78 is 1.66. The maximum Gasteiger partial charge on any atom is 0.239 e. The van der Waals surface area contributed by atoms with E-state index in [9.17, 15) is 4.79 Å². The first-order chi connectivity index (χ1) is 7.84. The molecule has 3 nitrogen and oxygen atoms in total. The number of hydrogen-bond acceptors (Lipinski definition) is 1. The third-order valence-corrected chi connectivity index (χ3v) is 2.34. The lowest BCUT2D eigenvalue weighted by Crippen LogP contribution is -2.21. The molecule has 0 aliphatic rings. The molecule has 0 spiro atoms. The Morgan fingerprint density at radius 2 is 1.75 bits per heavy atom. The Hall–Kier alpha value is -2.03. The number of rotatable bonds is 4. The van der Waals surface area contributed by atoms with Crippen LogP contribution in [0, 0.1) is 0 Å². The van der Waals surface area contributed by atoms with Gasteiger partial charge in [0.1, 0.15) is 0 Å². The third kappa shape index (κ3) is 2.98. The van der Waals surface area contributed by atoms with Crippen LogP contribution >= 0.6 is 0 Å². The second kappa shape index (κ2) is 5.16. The lowest BCUT2D eigenvalue weighted by atomic mass is 10.1. The van der Waals surface area contributed by atoms with E-state index in [2.05, 4.69) is 5.43 Å². The number of nitrogens with zero attached hydrogens (tertiary/aromatic N) is 1. The minimum Gasteiger partial charge on any atom is -0.273 e. The largest absolute Gasteiger partial charge is 0.273 e. The van der Waals surface area contributed by atoms with Gasteiger partial charge in [-0.05, 0) is 24.1 Å². The van der Waals surface area contributed by atoms with Crippen LogP contribution in [0.4, 0.5) is 0 Å². The number of hydrogen-bond donors (Lipinski definition) is 1. The molecule has 2 rings (SSSR count). The Bertz CT molecular complexity index is 434. The monoisotopic (exact) mass is 214 g/mol.